The lowest BCUT2D eigenvalue weighted by Gasteiger charge is -2.31. The molecular weight excluding hydrogens is 417 g/mol. The smallest absolute Gasteiger partial charge is 0.274 e. The molecule has 152 valence electrons. The number of hydrogen-bond donors (Lipinski definition) is 3. The molecule has 1 fully saturated rings. The van der Waals surface area contributed by atoms with E-state index in [9.17, 15) is 14.4 Å². The highest BCUT2D eigenvalue weighted by molar-refractivity contribution is 6.40. The second-order valence-electron chi connectivity index (χ2n) is 6.48. The van der Waals surface area contributed by atoms with Gasteiger partial charge in [-0.15, -0.1) is 0 Å². The molecule has 3 N–H and O–H groups in total. The topological polar surface area (TPSA) is 107 Å². The maximum atomic E-state index is 12.6. The molecule has 2 heterocycles. The first-order valence-electron chi connectivity index (χ1n) is 8.92. The summed E-state index contributed by atoms with van der Waals surface area (Å²) in [5.74, 6) is -1.10. The zero-order chi connectivity index (χ0) is 21.0. The Labute approximate surface area is 177 Å². The van der Waals surface area contributed by atoms with Crippen molar-refractivity contribution in [3.63, 3.8) is 0 Å². The van der Waals surface area contributed by atoms with E-state index in [1.54, 1.807) is 23.1 Å². The number of anilines is 1. The minimum atomic E-state index is -0.549. The SMILES string of the molecule is C=CC(=O)N1CCC(NC(=O)c2n[nH]cc2NC(=O)c2c(Cl)cccc2Cl)CC1. The van der Waals surface area contributed by atoms with E-state index in [2.05, 4.69) is 27.4 Å². The summed E-state index contributed by atoms with van der Waals surface area (Å²) in [5.41, 5.74) is 0.372. The maximum absolute atomic E-state index is 12.6. The zero-order valence-corrected chi connectivity index (χ0v) is 16.9. The number of carbonyl (C=O) groups excluding carboxylic acids is 3. The maximum Gasteiger partial charge on any atom is 0.274 e. The Balaban J connectivity index is 1.64. The summed E-state index contributed by atoms with van der Waals surface area (Å²) in [6.07, 6.45) is 3.92. The van der Waals surface area contributed by atoms with Crippen LogP contribution in [0.3, 0.4) is 0 Å². The van der Waals surface area contributed by atoms with E-state index in [0.29, 0.717) is 25.9 Å². The van der Waals surface area contributed by atoms with Crippen LogP contribution in [0.5, 0.6) is 0 Å². The third kappa shape index (κ3) is 4.78. The van der Waals surface area contributed by atoms with Crippen molar-refractivity contribution in [1.29, 1.82) is 0 Å². The molecule has 0 atom stereocenters. The van der Waals surface area contributed by atoms with Gasteiger partial charge in [0, 0.05) is 25.3 Å². The Kier molecular flexibility index (Phi) is 6.56. The van der Waals surface area contributed by atoms with E-state index in [0.717, 1.165) is 0 Å². The van der Waals surface area contributed by atoms with Gasteiger partial charge in [-0.1, -0.05) is 35.8 Å². The number of hydrogen-bond acceptors (Lipinski definition) is 4. The molecule has 0 aliphatic carbocycles. The van der Waals surface area contributed by atoms with Crippen molar-refractivity contribution < 1.29 is 14.4 Å². The average Bonchev–Trinajstić information content (AvgIpc) is 3.16. The first-order valence-corrected chi connectivity index (χ1v) is 9.67. The summed E-state index contributed by atoms with van der Waals surface area (Å²) in [7, 11) is 0. The number of halogens is 2. The number of rotatable bonds is 5. The number of H-pyrrole nitrogens is 1. The molecule has 1 aromatic heterocycles. The summed E-state index contributed by atoms with van der Waals surface area (Å²) in [6.45, 7) is 4.54. The average molecular weight is 436 g/mol. The van der Waals surface area contributed by atoms with Crippen molar-refractivity contribution in [2.75, 3.05) is 18.4 Å². The predicted octanol–water partition coefficient (Wildman–Crippen LogP) is 2.88. The molecule has 3 amide bonds. The quantitative estimate of drug-likeness (QED) is 0.627. The molecular formula is C19H19Cl2N5O3. The molecule has 1 aromatic carbocycles. The van der Waals surface area contributed by atoms with Crippen LogP contribution in [-0.4, -0.2) is 52.0 Å². The molecule has 0 bridgehead atoms. The molecule has 0 spiro atoms. The monoisotopic (exact) mass is 435 g/mol. The lowest BCUT2D eigenvalue weighted by molar-refractivity contribution is -0.127. The van der Waals surface area contributed by atoms with E-state index in [1.807, 2.05) is 0 Å². The Morgan fingerprint density at radius 3 is 2.45 bits per heavy atom. The number of nitrogens with zero attached hydrogens (tertiary/aromatic N) is 2. The van der Waals surface area contributed by atoms with Crippen LogP contribution in [0.15, 0.2) is 37.1 Å². The third-order valence-corrected chi connectivity index (χ3v) is 5.24. The number of likely N-dealkylation sites (tertiary alicyclic amines) is 1. The summed E-state index contributed by atoms with van der Waals surface area (Å²) < 4.78 is 0. The van der Waals surface area contributed by atoms with Gasteiger partial charge in [0.2, 0.25) is 5.91 Å². The minimum absolute atomic E-state index is 0.0473. The van der Waals surface area contributed by atoms with Crippen molar-refractivity contribution in [1.82, 2.24) is 20.4 Å². The molecule has 8 nitrogen and oxygen atoms in total. The van der Waals surface area contributed by atoms with E-state index < -0.39 is 11.8 Å². The summed E-state index contributed by atoms with van der Waals surface area (Å²) in [6, 6.07) is 4.63. The first kappa shape index (κ1) is 20.9. The fourth-order valence-electron chi connectivity index (χ4n) is 3.08. The molecule has 10 heteroatoms. The van der Waals surface area contributed by atoms with Crippen LogP contribution < -0.4 is 10.6 Å². The van der Waals surface area contributed by atoms with Crippen LogP contribution in [0, 0.1) is 0 Å². The second kappa shape index (κ2) is 9.11. The number of piperidine rings is 1. The predicted molar refractivity (Wildman–Crippen MR) is 110 cm³/mol. The Morgan fingerprint density at radius 1 is 1.17 bits per heavy atom. The van der Waals surface area contributed by atoms with Crippen LogP contribution >= 0.6 is 23.2 Å². The lowest BCUT2D eigenvalue weighted by atomic mass is 10.0. The van der Waals surface area contributed by atoms with Gasteiger partial charge in [0.15, 0.2) is 5.69 Å². The molecule has 29 heavy (non-hydrogen) atoms. The first-order chi connectivity index (χ1) is 13.9. The Hall–Kier alpha value is -2.84. The van der Waals surface area contributed by atoms with Crippen LogP contribution in [0.2, 0.25) is 10.0 Å². The number of carbonyl (C=O) groups is 3. The van der Waals surface area contributed by atoms with Gasteiger partial charge < -0.3 is 15.5 Å². The number of benzene rings is 1. The summed E-state index contributed by atoms with van der Waals surface area (Å²) >= 11 is 12.1. The normalized spacial score (nSPS) is 14.3. The third-order valence-electron chi connectivity index (χ3n) is 4.61. The van der Waals surface area contributed by atoms with Crippen LogP contribution in [0.25, 0.3) is 0 Å². The molecule has 3 rings (SSSR count). The van der Waals surface area contributed by atoms with E-state index >= 15 is 0 Å². The molecule has 1 saturated heterocycles. The molecule has 2 aromatic rings. The van der Waals surface area contributed by atoms with Gasteiger partial charge in [0.05, 0.1) is 21.3 Å². The highest BCUT2D eigenvalue weighted by Gasteiger charge is 2.25. The fraction of sp³-hybridized carbons (Fsp3) is 0.263. The van der Waals surface area contributed by atoms with Crippen LogP contribution in [0.4, 0.5) is 5.69 Å². The highest BCUT2D eigenvalue weighted by Crippen LogP contribution is 2.25. The van der Waals surface area contributed by atoms with Gasteiger partial charge in [0.1, 0.15) is 0 Å². The molecule has 0 unspecified atom stereocenters. The molecule has 1 aliphatic rings. The number of aromatic amines is 1. The number of aromatic nitrogens is 2. The van der Waals surface area contributed by atoms with Crippen LogP contribution in [-0.2, 0) is 4.79 Å². The van der Waals surface area contributed by atoms with Gasteiger partial charge in [-0.3, -0.25) is 19.5 Å². The minimum Gasteiger partial charge on any atom is -0.348 e. The standard InChI is InChI=1S/C19H19Cl2N5O3/c1-2-15(27)26-8-6-11(7-9-26)23-19(29)17-14(10-22-25-17)24-18(28)16-12(20)4-3-5-13(16)21/h2-5,10-11H,1,6-9H2,(H,22,25)(H,23,29)(H,24,28). The van der Waals surface area contributed by atoms with Crippen molar-refractivity contribution in [3.8, 4) is 0 Å². The van der Waals surface area contributed by atoms with Gasteiger partial charge in [-0.05, 0) is 31.1 Å². The highest BCUT2D eigenvalue weighted by atomic mass is 35.5. The Morgan fingerprint density at radius 2 is 1.83 bits per heavy atom. The number of amides is 3. The molecule has 0 saturated carbocycles. The lowest BCUT2D eigenvalue weighted by Crippen LogP contribution is -2.46. The largest absolute Gasteiger partial charge is 0.348 e. The van der Waals surface area contributed by atoms with Crippen molar-refractivity contribution in [2.45, 2.75) is 18.9 Å². The zero-order valence-electron chi connectivity index (χ0n) is 15.4. The fourth-order valence-corrected chi connectivity index (χ4v) is 3.65. The van der Waals surface area contributed by atoms with Crippen molar-refractivity contribution >= 4 is 46.6 Å². The van der Waals surface area contributed by atoms with E-state index in [-0.39, 0.29) is 38.9 Å². The van der Waals surface area contributed by atoms with Gasteiger partial charge in [0.25, 0.3) is 11.8 Å². The summed E-state index contributed by atoms with van der Waals surface area (Å²) in [5, 5.41) is 12.4. The van der Waals surface area contributed by atoms with Crippen molar-refractivity contribution in [2.24, 2.45) is 0 Å². The van der Waals surface area contributed by atoms with Crippen LogP contribution in [0.1, 0.15) is 33.7 Å². The van der Waals surface area contributed by atoms with Gasteiger partial charge in [-0.2, -0.15) is 5.10 Å². The van der Waals surface area contributed by atoms with Crippen molar-refractivity contribution in [3.05, 3.63) is 58.4 Å². The second-order valence-corrected chi connectivity index (χ2v) is 7.29. The summed E-state index contributed by atoms with van der Waals surface area (Å²) in [4.78, 5) is 38.5. The molecule has 1 aliphatic heterocycles. The Bertz CT molecular complexity index is 931. The number of nitrogens with one attached hydrogen (secondary N) is 3. The van der Waals surface area contributed by atoms with E-state index in [1.165, 1.54) is 12.3 Å². The van der Waals surface area contributed by atoms with E-state index in [4.69, 9.17) is 23.2 Å². The van der Waals surface area contributed by atoms with Gasteiger partial charge in [-0.25, -0.2) is 0 Å². The molecule has 0 radical (unpaired) electrons. The van der Waals surface area contributed by atoms with Gasteiger partial charge >= 0.3 is 0 Å².